The first-order chi connectivity index (χ1) is 11.4. The summed E-state index contributed by atoms with van der Waals surface area (Å²) in [6.45, 7) is 0.237. The summed E-state index contributed by atoms with van der Waals surface area (Å²) in [4.78, 5) is 34.3. The molecule has 8 heteroatoms. The van der Waals surface area contributed by atoms with E-state index in [0.29, 0.717) is 0 Å². The second-order valence-corrected chi connectivity index (χ2v) is 5.79. The lowest BCUT2D eigenvalue weighted by atomic mass is 10.1. The Morgan fingerprint density at radius 1 is 1.12 bits per heavy atom. The van der Waals surface area contributed by atoms with Gasteiger partial charge in [0, 0.05) is 29.7 Å². The summed E-state index contributed by atoms with van der Waals surface area (Å²) in [5.41, 5.74) is 0.471. The highest BCUT2D eigenvalue weighted by Gasteiger charge is 2.22. The van der Waals surface area contributed by atoms with Crippen molar-refractivity contribution >= 4 is 33.4 Å². The number of nitrogens with zero attached hydrogens (tertiary/aromatic N) is 1. The molecule has 2 N–H and O–H groups in total. The number of rotatable bonds is 5. The molecule has 0 aliphatic heterocycles. The highest BCUT2D eigenvalue weighted by molar-refractivity contribution is 9.10. The fourth-order valence-corrected chi connectivity index (χ4v) is 2.30. The van der Waals surface area contributed by atoms with E-state index in [1.807, 2.05) is 24.3 Å². The van der Waals surface area contributed by atoms with E-state index in [4.69, 9.17) is 0 Å². The smallest absolute Gasteiger partial charge is 0.282 e. The van der Waals surface area contributed by atoms with Gasteiger partial charge in [0.15, 0.2) is 0 Å². The standard InChI is InChI=1S/C16H14BrN3O4/c1-18-15(21)11-4-7-13(14(8-11)20(23)24)16(22)19-9-10-2-5-12(17)6-3-10/h2-8H,9H2,1H3,(H,18,21)(H,19,22). The molecule has 2 aromatic carbocycles. The van der Waals surface area contributed by atoms with Gasteiger partial charge in [-0.05, 0) is 29.8 Å². The Morgan fingerprint density at radius 2 is 1.79 bits per heavy atom. The lowest BCUT2D eigenvalue weighted by Crippen LogP contribution is -2.24. The van der Waals surface area contributed by atoms with Crippen molar-refractivity contribution in [1.29, 1.82) is 0 Å². The van der Waals surface area contributed by atoms with Gasteiger partial charge in [0.25, 0.3) is 17.5 Å². The van der Waals surface area contributed by atoms with Crippen LogP contribution in [-0.2, 0) is 6.54 Å². The molecule has 0 radical (unpaired) electrons. The van der Waals surface area contributed by atoms with E-state index in [9.17, 15) is 19.7 Å². The maximum atomic E-state index is 12.2. The number of benzene rings is 2. The van der Waals surface area contributed by atoms with Crippen molar-refractivity contribution in [2.45, 2.75) is 6.54 Å². The molecule has 2 aromatic rings. The van der Waals surface area contributed by atoms with E-state index in [1.54, 1.807) is 0 Å². The molecule has 7 nitrogen and oxygen atoms in total. The molecule has 0 saturated heterocycles. The van der Waals surface area contributed by atoms with Crippen LogP contribution in [0.2, 0.25) is 0 Å². The van der Waals surface area contributed by atoms with Crippen molar-refractivity contribution in [1.82, 2.24) is 10.6 Å². The molecule has 0 unspecified atom stereocenters. The average molecular weight is 392 g/mol. The van der Waals surface area contributed by atoms with E-state index in [-0.39, 0.29) is 17.7 Å². The SMILES string of the molecule is CNC(=O)c1ccc(C(=O)NCc2ccc(Br)cc2)c([N+](=O)[O-])c1. The Kier molecular flexibility index (Phi) is 5.64. The van der Waals surface area contributed by atoms with E-state index in [1.165, 1.54) is 19.2 Å². The summed E-state index contributed by atoms with van der Waals surface area (Å²) in [5, 5.41) is 16.2. The molecule has 24 heavy (non-hydrogen) atoms. The van der Waals surface area contributed by atoms with Crippen LogP contribution in [0.15, 0.2) is 46.9 Å². The summed E-state index contributed by atoms with van der Waals surface area (Å²) in [7, 11) is 1.42. The molecular weight excluding hydrogens is 378 g/mol. The van der Waals surface area contributed by atoms with Gasteiger partial charge in [-0.25, -0.2) is 0 Å². The number of nitrogens with one attached hydrogen (secondary N) is 2. The van der Waals surface area contributed by atoms with Crippen LogP contribution in [0.3, 0.4) is 0 Å². The van der Waals surface area contributed by atoms with Gasteiger partial charge in [0.05, 0.1) is 4.92 Å². The number of nitro benzene ring substituents is 1. The molecule has 124 valence electrons. The van der Waals surface area contributed by atoms with Crippen molar-refractivity contribution in [2.75, 3.05) is 7.05 Å². The Bertz CT molecular complexity index is 790. The first-order valence-corrected chi connectivity index (χ1v) is 7.75. The van der Waals surface area contributed by atoms with Crippen molar-refractivity contribution in [3.8, 4) is 0 Å². The largest absolute Gasteiger partial charge is 0.355 e. The van der Waals surface area contributed by atoms with Gasteiger partial charge in [0.2, 0.25) is 0 Å². The third-order valence-corrected chi connectivity index (χ3v) is 3.82. The number of carbonyl (C=O) groups excluding carboxylic acids is 2. The van der Waals surface area contributed by atoms with Crippen molar-refractivity contribution in [2.24, 2.45) is 0 Å². The Labute approximate surface area is 146 Å². The number of halogens is 1. The van der Waals surface area contributed by atoms with Crippen LogP contribution in [0.25, 0.3) is 0 Å². The predicted octanol–water partition coefficient (Wildman–Crippen LogP) is 2.65. The molecule has 0 saturated carbocycles. The van der Waals surface area contributed by atoms with Gasteiger partial charge in [-0.1, -0.05) is 28.1 Å². The van der Waals surface area contributed by atoms with Crippen LogP contribution in [0.4, 0.5) is 5.69 Å². The second-order valence-electron chi connectivity index (χ2n) is 4.88. The quantitative estimate of drug-likeness (QED) is 0.603. The third-order valence-electron chi connectivity index (χ3n) is 3.29. The molecule has 0 atom stereocenters. The van der Waals surface area contributed by atoms with Gasteiger partial charge in [-0.3, -0.25) is 19.7 Å². The zero-order valence-corrected chi connectivity index (χ0v) is 14.3. The molecule has 2 amide bonds. The van der Waals surface area contributed by atoms with Crippen molar-refractivity contribution in [3.05, 3.63) is 73.7 Å². The maximum absolute atomic E-state index is 12.2. The summed E-state index contributed by atoms with van der Waals surface area (Å²) in [6, 6.07) is 11.1. The molecule has 2 rings (SSSR count). The first kappa shape index (κ1) is 17.6. The van der Waals surface area contributed by atoms with Crippen LogP contribution in [0.5, 0.6) is 0 Å². The monoisotopic (exact) mass is 391 g/mol. The van der Waals surface area contributed by atoms with Crippen molar-refractivity contribution < 1.29 is 14.5 Å². The van der Waals surface area contributed by atoms with E-state index in [0.717, 1.165) is 16.1 Å². The number of nitro groups is 1. The highest BCUT2D eigenvalue weighted by atomic mass is 79.9. The topological polar surface area (TPSA) is 101 Å². The molecule has 0 aliphatic carbocycles. The zero-order chi connectivity index (χ0) is 17.7. The minimum absolute atomic E-state index is 0.0928. The lowest BCUT2D eigenvalue weighted by Gasteiger charge is -2.07. The number of amides is 2. The summed E-state index contributed by atoms with van der Waals surface area (Å²) in [6.07, 6.45) is 0. The predicted molar refractivity (Wildman–Crippen MR) is 91.8 cm³/mol. The summed E-state index contributed by atoms with van der Waals surface area (Å²) in [5.74, 6) is -1.03. The first-order valence-electron chi connectivity index (χ1n) is 6.95. The molecule has 0 heterocycles. The molecule has 0 aromatic heterocycles. The minimum atomic E-state index is -0.680. The zero-order valence-electron chi connectivity index (χ0n) is 12.7. The van der Waals surface area contributed by atoms with Crippen molar-refractivity contribution in [3.63, 3.8) is 0 Å². The van der Waals surface area contributed by atoms with Crippen LogP contribution in [0.1, 0.15) is 26.3 Å². The normalized spacial score (nSPS) is 10.1. The maximum Gasteiger partial charge on any atom is 0.282 e. The number of hydrogen-bond donors (Lipinski definition) is 2. The molecule has 0 aliphatic rings. The van der Waals surface area contributed by atoms with Crippen LogP contribution < -0.4 is 10.6 Å². The summed E-state index contributed by atoms with van der Waals surface area (Å²) < 4.78 is 0.915. The van der Waals surface area contributed by atoms with Crippen LogP contribution in [-0.4, -0.2) is 23.8 Å². The van der Waals surface area contributed by atoms with Crippen LogP contribution in [0, 0.1) is 10.1 Å². The third kappa shape index (κ3) is 4.17. The van der Waals surface area contributed by atoms with Gasteiger partial charge in [0.1, 0.15) is 5.56 Å². The van der Waals surface area contributed by atoms with Gasteiger partial charge >= 0.3 is 0 Å². The average Bonchev–Trinajstić information content (AvgIpc) is 2.59. The Morgan fingerprint density at radius 3 is 2.38 bits per heavy atom. The fraction of sp³-hybridized carbons (Fsp3) is 0.125. The van der Waals surface area contributed by atoms with Gasteiger partial charge in [-0.15, -0.1) is 0 Å². The molecule has 0 fully saturated rings. The second kappa shape index (κ2) is 7.69. The van der Waals surface area contributed by atoms with E-state index in [2.05, 4.69) is 26.6 Å². The van der Waals surface area contributed by atoms with E-state index < -0.39 is 22.4 Å². The lowest BCUT2D eigenvalue weighted by molar-refractivity contribution is -0.385. The van der Waals surface area contributed by atoms with Gasteiger partial charge in [-0.2, -0.15) is 0 Å². The van der Waals surface area contributed by atoms with E-state index >= 15 is 0 Å². The number of hydrogen-bond acceptors (Lipinski definition) is 4. The Balaban J connectivity index is 2.20. The summed E-state index contributed by atoms with van der Waals surface area (Å²) >= 11 is 3.32. The Hall–Kier alpha value is -2.74. The molecule has 0 spiro atoms. The van der Waals surface area contributed by atoms with Gasteiger partial charge < -0.3 is 10.6 Å². The fourth-order valence-electron chi connectivity index (χ4n) is 2.04. The molecule has 0 bridgehead atoms. The number of carbonyl (C=O) groups is 2. The van der Waals surface area contributed by atoms with Crippen LogP contribution >= 0.6 is 15.9 Å². The minimum Gasteiger partial charge on any atom is -0.355 e. The highest BCUT2D eigenvalue weighted by Crippen LogP contribution is 2.21. The molecular formula is C16H14BrN3O4.